The van der Waals surface area contributed by atoms with Crippen molar-refractivity contribution in [3.05, 3.63) is 65.6 Å². The van der Waals surface area contributed by atoms with Gasteiger partial charge in [0.15, 0.2) is 0 Å². The van der Waals surface area contributed by atoms with Gasteiger partial charge in [-0.15, -0.1) is 0 Å². The summed E-state index contributed by atoms with van der Waals surface area (Å²) < 4.78 is 0. The van der Waals surface area contributed by atoms with Crippen LogP contribution in [0, 0.1) is 36.0 Å². The van der Waals surface area contributed by atoms with Crippen molar-refractivity contribution in [3.8, 4) is 0 Å². The van der Waals surface area contributed by atoms with Crippen LogP contribution in [0.25, 0.3) is 10.9 Å². The van der Waals surface area contributed by atoms with Crippen LogP contribution in [0.2, 0.25) is 0 Å². The number of piperidine rings is 1. The highest BCUT2D eigenvalue weighted by atomic mass is 16.2. The quantitative estimate of drug-likeness (QED) is 0.298. The van der Waals surface area contributed by atoms with E-state index in [2.05, 4.69) is 72.3 Å². The Kier molecular flexibility index (Phi) is 7.17. The van der Waals surface area contributed by atoms with Crippen molar-refractivity contribution in [1.29, 1.82) is 0 Å². The fourth-order valence-electron chi connectivity index (χ4n) is 11.1. The van der Waals surface area contributed by atoms with Gasteiger partial charge in [0, 0.05) is 60.6 Å². The molecule has 0 unspecified atom stereocenters. The predicted molar refractivity (Wildman–Crippen MR) is 181 cm³/mol. The molecule has 3 aromatic rings. The standard InChI is InChI=1S/C39H51N5O2/c1-25-34(30-9-5-6-10-32(30)41-25)35-31(37(35,2)3)19-33(45)44(24-26-8-7-13-40-23-26)39(11-14-43(4)15-12-39)36(46)42-38-20-27-16-28(21-38)18-29(17-27)22-38/h5-10,13,23,27-29,31,35,41H,11-12,14-22,24H2,1-4H3,(H,42,46)/t27?,28?,29?,31-,35-,38?/m0/s1. The molecule has 1 aliphatic heterocycles. The van der Waals surface area contributed by atoms with E-state index >= 15 is 0 Å². The molecule has 4 bridgehead atoms. The second-order valence-corrected chi connectivity index (χ2v) is 16.6. The van der Waals surface area contributed by atoms with Gasteiger partial charge in [-0.1, -0.05) is 38.1 Å². The molecule has 1 saturated heterocycles. The minimum atomic E-state index is -0.867. The number of likely N-dealkylation sites (tertiary alicyclic amines) is 1. The predicted octanol–water partition coefficient (Wildman–Crippen LogP) is 6.58. The Bertz CT molecular complexity index is 1600. The van der Waals surface area contributed by atoms with Crippen LogP contribution < -0.4 is 5.32 Å². The maximum atomic E-state index is 15.0. The van der Waals surface area contributed by atoms with Gasteiger partial charge in [-0.2, -0.15) is 0 Å². The third-order valence-corrected chi connectivity index (χ3v) is 13.2. The van der Waals surface area contributed by atoms with Gasteiger partial charge in [-0.05, 0) is 124 Å². The number of aryl methyl sites for hydroxylation is 1. The Morgan fingerprint density at radius 2 is 1.67 bits per heavy atom. The number of aromatic amines is 1. The van der Waals surface area contributed by atoms with Crippen molar-refractivity contribution < 1.29 is 9.59 Å². The van der Waals surface area contributed by atoms with Gasteiger partial charge >= 0.3 is 0 Å². The molecule has 6 aliphatic rings. The molecule has 2 aromatic heterocycles. The number of nitrogens with zero attached hydrogens (tertiary/aromatic N) is 3. The van der Waals surface area contributed by atoms with Crippen molar-refractivity contribution >= 4 is 22.7 Å². The zero-order valence-electron chi connectivity index (χ0n) is 28.1. The second kappa shape index (κ2) is 10.9. The summed E-state index contributed by atoms with van der Waals surface area (Å²) in [5, 5.41) is 5.01. The van der Waals surface area contributed by atoms with E-state index in [9.17, 15) is 9.59 Å². The lowest BCUT2D eigenvalue weighted by Crippen LogP contribution is -2.69. The number of H-pyrrole nitrogens is 1. The van der Waals surface area contributed by atoms with E-state index in [4.69, 9.17) is 0 Å². The topological polar surface area (TPSA) is 81.3 Å². The smallest absolute Gasteiger partial charge is 0.246 e. The number of fused-ring (bicyclic) bond motifs is 1. The first kappa shape index (κ1) is 30.2. The Hall–Kier alpha value is -3.19. The average molecular weight is 622 g/mol. The first-order valence-corrected chi connectivity index (χ1v) is 17.8. The molecular formula is C39H51N5O2. The lowest BCUT2D eigenvalue weighted by molar-refractivity contribution is -0.155. The van der Waals surface area contributed by atoms with Crippen LogP contribution in [0.1, 0.15) is 94.4 Å². The van der Waals surface area contributed by atoms with E-state index in [0.717, 1.165) is 61.2 Å². The van der Waals surface area contributed by atoms with E-state index in [-0.39, 0.29) is 28.7 Å². The molecule has 5 saturated carbocycles. The van der Waals surface area contributed by atoms with Crippen LogP contribution in [0.5, 0.6) is 0 Å². The first-order chi connectivity index (χ1) is 22.1. The molecule has 244 valence electrons. The zero-order chi connectivity index (χ0) is 31.8. The minimum Gasteiger partial charge on any atom is -0.358 e. The first-order valence-electron chi connectivity index (χ1n) is 17.8. The number of pyridine rings is 1. The van der Waals surface area contributed by atoms with Crippen molar-refractivity contribution in [1.82, 2.24) is 25.1 Å². The van der Waals surface area contributed by atoms with E-state index in [1.165, 1.54) is 35.9 Å². The van der Waals surface area contributed by atoms with Gasteiger partial charge in [0.2, 0.25) is 11.8 Å². The van der Waals surface area contributed by atoms with Crippen molar-refractivity contribution in [2.75, 3.05) is 20.1 Å². The highest BCUT2D eigenvalue weighted by Crippen LogP contribution is 2.67. The summed E-state index contributed by atoms with van der Waals surface area (Å²) in [5.41, 5.74) is 3.72. The molecule has 46 heavy (non-hydrogen) atoms. The maximum Gasteiger partial charge on any atom is 0.246 e. The Balaban J connectivity index is 1.12. The zero-order valence-corrected chi connectivity index (χ0v) is 28.1. The number of amides is 2. The third-order valence-electron chi connectivity index (χ3n) is 13.2. The number of nitrogens with one attached hydrogen (secondary N) is 2. The summed E-state index contributed by atoms with van der Waals surface area (Å²) in [7, 11) is 2.13. The normalized spacial score (nSPS) is 32.4. The number of aromatic nitrogens is 2. The summed E-state index contributed by atoms with van der Waals surface area (Å²) in [6, 6.07) is 12.5. The van der Waals surface area contributed by atoms with E-state index in [1.54, 1.807) is 6.20 Å². The molecule has 7 heteroatoms. The Labute approximate surface area is 273 Å². The summed E-state index contributed by atoms with van der Waals surface area (Å²) >= 11 is 0. The largest absolute Gasteiger partial charge is 0.358 e. The number of carbonyl (C=O) groups is 2. The van der Waals surface area contributed by atoms with Crippen LogP contribution in [0.15, 0.2) is 48.8 Å². The van der Waals surface area contributed by atoms with Gasteiger partial charge < -0.3 is 20.1 Å². The lowest BCUT2D eigenvalue weighted by atomic mass is 9.53. The molecule has 9 rings (SSSR count). The molecule has 7 nitrogen and oxygen atoms in total. The molecule has 0 spiro atoms. The Morgan fingerprint density at radius 1 is 1.00 bits per heavy atom. The van der Waals surface area contributed by atoms with Gasteiger partial charge in [0.05, 0.1) is 0 Å². The molecule has 2 N–H and O–H groups in total. The molecule has 0 radical (unpaired) electrons. The summed E-state index contributed by atoms with van der Waals surface area (Å²) in [4.78, 5) is 42.2. The number of benzene rings is 1. The van der Waals surface area contributed by atoms with Crippen LogP contribution in [0.3, 0.4) is 0 Å². The molecule has 2 amide bonds. The molecule has 5 aliphatic carbocycles. The van der Waals surface area contributed by atoms with E-state index in [0.29, 0.717) is 31.7 Å². The number of carbonyl (C=O) groups excluding carboxylic acids is 2. The fraction of sp³-hybridized carbons (Fsp3) is 0.615. The Morgan fingerprint density at radius 3 is 2.33 bits per heavy atom. The SMILES string of the molecule is Cc1[nH]c2ccccc2c1[C@@H]1[C@H](CC(=O)N(Cc2cccnc2)C2(C(=O)NC34CC5CC(CC(C5)C3)C4)CCN(C)CC2)C1(C)C. The minimum absolute atomic E-state index is 0.00718. The molecular weight excluding hydrogens is 570 g/mol. The van der Waals surface area contributed by atoms with Crippen molar-refractivity contribution in [2.24, 2.45) is 29.1 Å². The number of hydrogen-bond donors (Lipinski definition) is 2. The number of rotatable bonds is 8. The maximum absolute atomic E-state index is 15.0. The van der Waals surface area contributed by atoms with Gasteiger partial charge in [-0.25, -0.2) is 0 Å². The van der Waals surface area contributed by atoms with Gasteiger partial charge in [-0.3, -0.25) is 14.6 Å². The molecule has 6 fully saturated rings. The highest BCUT2D eigenvalue weighted by Gasteiger charge is 2.61. The molecule has 2 atom stereocenters. The number of hydrogen-bond acceptors (Lipinski definition) is 4. The van der Waals surface area contributed by atoms with Gasteiger partial charge in [0.25, 0.3) is 0 Å². The average Bonchev–Trinajstić information content (AvgIpc) is 3.36. The van der Waals surface area contributed by atoms with E-state index < -0.39 is 5.54 Å². The van der Waals surface area contributed by atoms with Crippen molar-refractivity contribution in [3.63, 3.8) is 0 Å². The van der Waals surface area contributed by atoms with Crippen LogP contribution >= 0.6 is 0 Å². The van der Waals surface area contributed by atoms with Gasteiger partial charge in [0.1, 0.15) is 5.54 Å². The van der Waals surface area contributed by atoms with Crippen LogP contribution in [-0.2, 0) is 16.1 Å². The summed E-state index contributed by atoms with van der Waals surface area (Å²) in [5.74, 6) is 2.94. The summed E-state index contributed by atoms with van der Waals surface area (Å²) in [6.45, 7) is 8.81. The third kappa shape index (κ3) is 4.99. The second-order valence-electron chi connectivity index (χ2n) is 16.6. The van der Waals surface area contributed by atoms with Crippen LogP contribution in [-0.4, -0.2) is 62.8 Å². The highest BCUT2D eigenvalue weighted by molar-refractivity contribution is 5.93. The lowest BCUT2D eigenvalue weighted by Gasteiger charge is -2.58. The fourth-order valence-corrected chi connectivity index (χ4v) is 11.1. The summed E-state index contributed by atoms with van der Waals surface area (Å²) in [6.07, 6.45) is 12.7. The van der Waals surface area contributed by atoms with E-state index in [1.807, 2.05) is 23.2 Å². The molecule has 1 aromatic carbocycles. The number of para-hydroxylation sites is 1. The monoisotopic (exact) mass is 621 g/mol. The molecule has 3 heterocycles. The van der Waals surface area contributed by atoms with Crippen molar-refractivity contribution in [2.45, 2.75) is 102 Å². The van der Waals surface area contributed by atoms with Crippen LogP contribution in [0.4, 0.5) is 0 Å².